The molecule has 4 fully saturated rings. The van der Waals surface area contributed by atoms with Gasteiger partial charge in [-0.3, -0.25) is 9.69 Å². The Morgan fingerprint density at radius 3 is 2.83 bits per heavy atom. The average Bonchev–Trinajstić information content (AvgIpc) is 3.15. The largest absolute Gasteiger partial charge is 0.390 e. The van der Waals surface area contributed by atoms with Crippen LogP contribution < -0.4 is 4.90 Å². The van der Waals surface area contributed by atoms with Crippen molar-refractivity contribution in [3.8, 4) is 0 Å². The van der Waals surface area contributed by atoms with Gasteiger partial charge in [0, 0.05) is 17.5 Å². The maximum atomic E-state index is 13.3. The Morgan fingerprint density at radius 2 is 2.13 bits per heavy atom. The van der Waals surface area contributed by atoms with E-state index in [2.05, 4.69) is 19.9 Å². The van der Waals surface area contributed by atoms with Gasteiger partial charge in [-0.1, -0.05) is 26.0 Å². The van der Waals surface area contributed by atoms with Gasteiger partial charge in [-0.15, -0.1) is 0 Å². The van der Waals surface area contributed by atoms with Crippen molar-refractivity contribution in [1.29, 1.82) is 0 Å². The van der Waals surface area contributed by atoms with E-state index in [9.17, 15) is 9.90 Å². The van der Waals surface area contributed by atoms with Gasteiger partial charge < -0.3 is 9.84 Å². The molecule has 4 aliphatic rings. The molecule has 0 aromatic heterocycles. The third kappa shape index (κ3) is 1.39. The van der Waals surface area contributed by atoms with E-state index in [0.717, 1.165) is 17.7 Å². The summed E-state index contributed by atoms with van der Waals surface area (Å²) >= 11 is 0. The van der Waals surface area contributed by atoms with E-state index in [1.165, 1.54) is 0 Å². The molecule has 1 N–H and O–H groups in total. The third-order valence-corrected chi connectivity index (χ3v) is 6.80. The Morgan fingerprint density at radius 1 is 1.35 bits per heavy atom. The van der Waals surface area contributed by atoms with Crippen molar-refractivity contribution in [2.24, 2.45) is 29.6 Å². The average molecular weight is 313 g/mol. The fraction of sp³-hybridized carbons (Fsp3) is 0.632. The normalized spacial score (nSPS) is 46.5. The van der Waals surface area contributed by atoms with E-state index in [1.54, 1.807) is 0 Å². The minimum absolute atomic E-state index is 0.0725. The summed E-state index contributed by atoms with van der Waals surface area (Å²) in [5, 5.41) is 10.5. The van der Waals surface area contributed by atoms with Crippen LogP contribution in [-0.2, 0) is 9.53 Å². The van der Waals surface area contributed by atoms with Crippen LogP contribution in [0, 0.1) is 36.5 Å². The molecule has 2 saturated carbocycles. The summed E-state index contributed by atoms with van der Waals surface area (Å²) in [5.41, 5.74) is 1.50. The molecule has 1 aromatic carbocycles. The van der Waals surface area contributed by atoms with Crippen LogP contribution in [0.2, 0.25) is 0 Å². The van der Waals surface area contributed by atoms with Gasteiger partial charge >= 0.3 is 0 Å². The first-order chi connectivity index (χ1) is 11.0. The molecular formula is C19H23NO3. The number of anilines is 1. The number of hydrogen-bond acceptors (Lipinski definition) is 3. The highest BCUT2D eigenvalue weighted by atomic mass is 16.6. The van der Waals surface area contributed by atoms with Crippen LogP contribution in [0.1, 0.15) is 25.8 Å². The van der Waals surface area contributed by atoms with Crippen LogP contribution in [0.4, 0.5) is 5.69 Å². The molecule has 0 radical (unpaired) electrons. The Kier molecular flexibility index (Phi) is 2.54. The third-order valence-electron chi connectivity index (χ3n) is 6.80. The molecule has 4 nitrogen and oxygen atoms in total. The first-order valence-corrected chi connectivity index (χ1v) is 8.73. The standard InChI is InChI=1S/C19H23NO3/c1-9(2)19-15-13-8-12(16(21)17(13)23-19)14(15)18(22)20(19)11-6-4-5-10(3)7-11/h4-7,9,12-17,21H,8H2,1-3H3/t12-,13-,14-,15-,16-,17+,19-/m1/s1. The lowest BCUT2D eigenvalue weighted by Crippen LogP contribution is -2.54. The minimum atomic E-state index is -0.586. The zero-order chi connectivity index (χ0) is 16.1. The molecule has 1 aromatic rings. The summed E-state index contributed by atoms with van der Waals surface area (Å²) in [4.78, 5) is 15.2. The number of hydrogen-bond donors (Lipinski definition) is 1. The molecule has 4 heteroatoms. The van der Waals surface area contributed by atoms with Crippen LogP contribution in [0.5, 0.6) is 0 Å². The van der Waals surface area contributed by atoms with Crippen LogP contribution >= 0.6 is 0 Å². The predicted octanol–water partition coefficient (Wildman–Crippen LogP) is 2.34. The summed E-state index contributed by atoms with van der Waals surface area (Å²) in [5.74, 6) is 0.919. The molecule has 2 bridgehead atoms. The topological polar surface area (TPSA) is 49.8 Å². The van der Waals surface area contributed by atoms with Gasteiger partial charge in [0.15, 0.2) is 5.72 Å². The summed E-state index contributed by atoms with van der Waals surface area (Å²) in [6.07, 6.45) is 0.387. The molecule has 5 rings (SSSR count). The summed E-state index contributed by atoms with van der Waals surface area (Å²) in [7, 11) is 0. The lowest BCUT2D eigenvalue weighted by atomic mass is 9.74. The number of carbonyl (C=O) groups is 1. The van der Waals surface area contributed by atoms with E-state index in [1.807, 2.05) is 30.0 Å². The summed E-state index contributed by atoms with van der Waals surface area (Å²) < 4.78 is 6.52. The van der Waals surface area contributed by atoms with Crippen LogP contribution in [-0.4, -0.2) is 28.9 Å². The van der Waals surface area contributed by atoms with E-state index in [4.69, 9.17) is 4.74 Å². The second-order valence-electron chi connectivity index (χ2n) is 8.11. The predicted molar refractivity (Wildman–Crippen MR) is 85.7 cm³/mol. The maximum absolute atomic E-state index is 13.3. The molecule has 23 heavy (non-hydrogen) atoms. The van der Waals surface area contributed by atoms with Crippen molar-refractivity contribution in [2.75, 3.05) is 4.90 Å². The van der Waals surface area contributed by atoms with E-state index in [-0.39, 0.29) is 35.7 Å². The van der Waals surface area contributed by atoms with Crippen LogP contribution in [0.15, 0.2) is 24.3 Å². The van der Waals surface area contributed by atoms with Crippen molar-refractivity contribution in [3.63, 3.8) is 0 Å². The zero-order valence-electron chi connectivity index (χ0n) is 13.8. The minimum Gasteiger partial charge on any atom is -0.390 e. The SMILES string of the molecule is Cc1cccc(N2C(=O)[C@@H]3[C@H]4C[C@H]5[C@H](O[C@]2(C(C)C)[C@H]53)[C@@H]4O)c1. The summed E-state index contributed by atoms with van der Waals surface area (Å²) in [6, 6.07) is 8.13. The van der Waals surface area contributed by atoms with Crippen molar-refractivity contribution >= 4 is 11.6 Å². The number of ether oxygens (including phenoxy) is 1. The molecule has 2 saturated heterocycles. The number of carbonyl (C=O) groups excluding carboxylic acids is 1. The first kappa shape index (κ1) is 14.0. The number of aryl methyl sites for hydroxylation is 1. The van der Waals surface area contributed by atoms with Gasteiger partial charge in [-0.25, -0.2) is 0 Å². The number of benzene rings is 1. The number of fused-ring (bicyclic) bond motifs is 2. The molecule has 122 valence electrons. The Balaban J connectivity index is 1.71. The molecular weight excluding hydrogens is 290 g/mol. The summed E-state index contributed by atoms with van der Waals surface area (Å²) in [6.45, 7) is 6.33. The van der Waals surface area contributed by atoms with E-state index >= 15 is 0 Å². The van der Waals surface area contributed by atoms with Crippen molar-refractivity contribution < 1.29 is 14.6 Å². The molecule has 2 heterocycles. The van der Waals surface area contributed by atoms with Crippen molar-refractivity contribution in [1.82, 2.24) is 0 Å². The first-order valence-electron chi connectivity index (χ1n) is 8.73. The lowest BCUT2D eigenvalue weighted by Gasteiger charge is -2.42. The Bertz CT molecular complexity index is 702. The van der Waals surface area contributed by atoms with Gasteiger partial charge in [0.2, 0.25) is 5.91 Å². The second-order valence-corrected chi connectivity index (χ2v) is 8.11. The second kappa shape index (κ2) is 4.17. The highest BCUT2D eigenvalue weighted by Crippen LogP contribution is 2.69. The number of amides is 1. The molecule has 2 aliphatic heterocycles. The van der Waals surface area contributed by atoms with Crippen molar-refractivity contribution in [2.45, 2.75) is 45.1 Å². The van der Waals surface area contributed by atoms with Crippen molar-refractivity contribution in [3.05, 3.63) is 29.8 Å². The smallest absolute Gasteiger partial charge is 0.233 e. The molecule has 0 spiro atoms. The fourth-order valence-corrected chi connectivity index (χ4v) is 6.08. The van der Waals surface area contributed by atoms with E-state index in [0.29, 0.717) is 5.92 Å². The monoisotopic (exact) mass is 313 g/mol. The number of nitrogens with zero attached hydrogens (tertiary/aromatic N) is 1. The van der Waals surface area contributed by atoms with Crippen LogP contribution in [0.3, 0.4) is 0 Å². The molecule has 7 atom stereocenters. The highest BCUT2D eigenvalue weighted by Gasteiger charge is 2.79. The highest BCUT2D eigenvalue weighted by molar-refractivity contribution is 6.00. The number of aliphatic hydroxyl groups excluding tert-OH is 1. The molecule has 1 amide bonds. The molecule has 2 aliphatic carbocycles. The van der Waals surface area contributed by atoms with Gasteiger partial charge in [0.1, 0.15) is 0 Å². The van der Waals surface area contributed by atoms with Gasteiger partial charge in [0.05, 0.1) is 18.1 Å². The van der Waals surface area contributed by atoms with Gasteiger partial charge in [-0.2, -0.15) is 0 Å². The Hall–Kier alpha value is -1.39. The van der Waals surface area contributed by atoms with Gasteiger partial charge in [-0.05, 0) is 42.9 Å². The van der Waals surface area contributed by atoms with E-state index < -0.39 is 11.8 Å². The number of aliphatic hydroxyl groups is 1. The van der Waals surface area contributed by atoms with Gasteiger partial charge in [0.25, 0.3) is 0 Å². The number of rotatable bonds is 2. The maximum Gasteiger partial charge on any atom is 0.233 e. The fourth-order valence-electron chi connectivity index (χ4n) is 6.08. The quantitative estimate of drug-likeness (QED) is 0.912. The zero-order valence-corrected chi connectivity index (χ0v) is 13.8. The Labute approximate surface area is 136 Å². The van der Waals surface area contributed by atoms with Crippen LogP contribution in [0.25, 0.3) is 0 Å². The lowest BCUT2D eigenvalue weighted by molar-refractivity contribution is -0.136. The molecule has 0 unspecified atom stereocenters.